The van der Waals surface area contributed by atoms with Crippen molar-refractivity contribution in [2.24, 2.45) is 0 Å². The predicted molar refractivity (Wildman–Crippen MR) is 38.2 cm³/mol. The number of hydrogen-bond donors (Lipinski definition) is 0. The SMILES string of the molecule is CB1CC=CCN1C. The van der Waals surface area contributed by atoms with E-state index in [-0.39, 0.29) is 0 Å². The van der Waals surface area contributed by atoms with Crippen molar-refractivity contribution in [3.05, 3.63) is 12.2 Å². The highest BCUT2D eigenvalue weighted by molar-refractivity contribution is 6.54. The van der Waals surface area contributed by atoms with E-state index in [4.69, 9.17) is 0 Å². The van der Waals surface area contributed by atoms with Gasteiger partial charge in [-0.15, -0.1) is 0 Å². The van der Waals surface area contributed by atoms with Gasteiger partial charge in [-0.05, 0) is 13.4 Å². The van der Waals surface area contributed by atoms with Crippen molar-refractivity contribution >= 4 is 6.85 Å². The molecule has 0 atom stereocenters. The minimum absolute atomic E-state index is 0.750. The largest absolute Gasteiger partial charge is 0.341 e. The Bertz CT molecular complexity index is 88.7. The normalized spacial score (nSPS) is 22.0. The first kappa shape index (κ1) is 5.89. The molecule has 2 heteroatoms. The van der Waals surface area contributed by atoms with Gasteiger partial charge in [0, 0.05) is 6.54 Å². The maximum absolute atomic E-state index is 2.35. The molecule has 0 aliphatic carbocycles. The van der Waals surface area contributed by atoms with Gasteiger partial charge in [0.25, 0.3) is 0 Å². The van der Waals surface area contributed by atoms with Crippen molar-refractivity contribution in [1.82, 2.24) is 4.81 Å². The summed E-state index contributed by atoms with van der Waals surface area (Å²) in [6.45, 7) is 4.13. The number of hydrogen-bond acceptors (Lipinski definition) is 1. The molecule has 0 saturated carbocycles. The van der Waals surface area contributed by atoms with Crippen LogP contribution in [0.4, 0.5) is 0 Å². The molecule has 0 saturated heterocycles. The van der Waals surface area contributed by atoms with Crippen molar-refractivity contribution in [1.29, 1.82) is 0 Å². The lowest BCUT2D eigenvalue weighted by molar-refractivity contribution is 0.575. The summed E-state index contributed by atoms with van der Waals surface area (Å²) in [5.41, 5.74) is 0. The average Bonchev–Trinajstić information content (AvgIpc) is 1.77. The Kier molecular flexibility index (Phi) is 1.74. The molecule has 0 radical (unpaired) electrons. The van der Waals surface area contributed by atoms with Crippen LogP contribution in [-0.2, 0) is 0 Å². The smallest absolute Gasteiger partial charge is 0.223 e. The van der Waals surface area contributed by atoms with Gasteiger partial charge in [0.1, 0.15) is 0 Å². The minimum atomic E-state index is 0.750. The molecule has 1 aliphatic heterocycles. The standard InChI is InChI=1S/C6H12BN/c1-7-5-3-4-6-8(7)2/h3-4H,5-6H2,1-2H3. The van der Waals surface area contributed by atoms with Gasteiger partial charge in [-0.25, -0.2) is 0 Å². The molecule has 0 amide bonds. The van der Waals surface area contributed by atoms with Gasteiger partial charge in [0.05, 0.1) is 0 Å². The molecular weight excluding hydrogens is 96.9 g/mol. The lowest BCUT2D eigenvalue weighted by atomic mass is 9.59. The van der Waals surface area contributed by atoms with E-state index in [2.05, 4.69) is 30.8 Å². The van der Waals surface area contributed by atoms with E-state index >= 15 is 0 Å². The van der Waals surface area contributed by atoms with Crippen LogP contribution in [-0.4, -0.2) is 25.3 Å². The Morgan fingerprint density at radius 1 is 1.50 bits per heavy atom. The van der Waals surface area contributed by atoms with E-state index in [0.717, 1.165) is 13.4 Å². The third-order valence-corrected chi connectivity index (χ3v) is 1.79. The maximum Gasteiger partial charge on any atom is 0.223 e. The monoisotopic (exact) mass is 109 g/mol. The zero-order valence-corrected chi connectivity index (χ0v) is 5.59. The number of nitrogens with zero attached hydrogens (tertiary/aromatic N) is 1. The van der Waals surface area contributed by atoms with E-state index in [0.29, 0.717) is 0 Å². The third kappa shape index (κ3) is 1.13. The van der Waals surface area contributed by atoms with E-state index in [1.165, 1.54) is 6.32 Å². The van der Waals surface area contributed by atoms with Crippen LogP contribution in [0, 0.1) is 0 Å². The zero-order valence-electron chi connectivity index (χ0n) is 5.59. The first-order chi connectivity index (χ1) is 3.80. The fourth-order valence-electron chi connectivity index (χ4n) is 0.894. The summed E-state index contributed by atoms with van der Waals surface area (Å²) < 4.78 is 0. The highest BCUT2D eigenvalue weighted by Gasteiger charge is 2.12. The lowest BCUT2D eigenvalue weighted by Crippen LogP contribution is -2.34. The molecule has 0 fully saturated rings. The summed E-state index contributed by atoms with van der Waals surface area (Å²) in [5.74, 6) is 0. The van der Waals surface area contributed by atoms with E-state index < -0.39 is 0 Å². The number of likely N-dealkylation sites (N-methyl/N-ethyl adjacent to an activating group) is 1. The van der Waals surface area contributed by atoms with Crippen molar-refractivity contribution < 1.29 is 0 Å². The molecule has 1 aliphatic rings. The van der Waals surface area contributed by atoms with Crippen LogP contribution < -0.4 is 0 Å². The van der Waals surface area contributed by atoms with Crippen LogP contribution in [0.25, 0.3) is 0 Å². The average molecular weight is 109 g/mol. The Balaban J connectivity index is 2.44. The minimum Gasteiger partial charge on any atom is -0.341 e. The molecule has 0 spiro atoms. The van der Waals surface area contributed by atoms with Gasteiger partial charge in [0.15, 0.2) is 0 Å². The number of allylic oxidation sites excluding steroid dienone is 1. The second kappa shape index (κ2) is 2.36. The van der Waals surface area contributed by atoms with Gasteiger partial charge in [-0.1, -0.05) is 19.0 Å². The number of rotatable bonds is 0. The van der Waals surface area contributed by atoms with Crippen LogP contribution in [0.2, 0.25) is 13.1 Å². The fourth-order valence-corrected chi connectivity index (χ4v) is 0.894. The van der Waals surface area contributed by atoms with Crippen molar-refractivity contribution in [2.45, 2.75) is 13.1 Å². The van der Waals surface area contributed by atoms with Crippen LogP contribution in [0.5, 0.6) is 0 Å². The fraction of sp³-hybridized carbons (Fsp3) is 0.667. The summed E-state index contributed by atoms with van der Waals surface area (Å²) in [7, 11) is 2.16. The Hall–Kier alpha value is -0.235. The highest BCUT2D eigenvalue weighted by atomic mass is 15.0. The van der Waals surface area contributed by atoms with Crippen molar-refractivity contribution in [2.75, 3.05) is 13.6 Å². The zero-order chi connectivity index (χ0) is 5.98. The van der Waals surface area contributed by atoms with Gasteiger partial charge in [0.2, 0.25) is 6.85 Å². The van der Waals surface area contributed by atoms with Crippen LogP contribution in [0.15, 0.2) is 12.2 Å². The summed E-state index contributed by atoms with van der Waals surface area (Å²) in [5, 5.41) is 0. The molecule has 8 heavy (non-hydrogen) atoms. The Morgan fingerprint density at radius 3 is 2.62 bits per heavy atom. The molecule has 44 valence electrons. The topological polar surface area (TPSA) is 3.24 Å². The van der Waals surface area contributed by atoms with Crippen molar-refractivity contribution in [3.8, 4) is 0 Å². The summed E-state index contributed by atoms with van der Waals surface area (Å²) >= 11 is 0. The van der Waals surface area contributed by atoms with E-state index in [1.807, 2.05) is 0 Å². The van der Waals surface area contributed by atoms with Crippen molar-refractivity contribution in [3.63, 3.8) is 0 Å². The van der Waals surface area contributed by atoms with Crippen LogP contribution in [0.1, 0.15) is 0 Å². The quantitative estimate of drug-likeness (QED) is 0.332. The van der Waals surface area contributed by atoms with Crippen LogP contribution in [0.3, 0.4) is 0 Å². The second-order valence-electron chi connectivity index (χ2n) is 2.50. The molecule has 0 aromatic heterocycles. The summed E-state index contributed by atoms with van der Waals surface area (Å²) in [4.78, 5) is 2.35. The van der Waals surface area contributed by atoms with Gasteiger partial charge in [-0.2, -0.15) is 0 Å². The van der Waals surface area contributed by atoms with Gasteiger partial charge in [-0.3, -0.25) is 0 Å². The Labute approximate surface area is 51.5 Å². The molecule has 0 bridgehead atoms. The molecule has 1 nitrogen and oxygen atoms in total. The van der Waals surface area contributed by atoms with Gasteiger partial charge >= 0.3 is 0 Å². The molecule has 0 aromatic carbocycles. The maximum atomic E-state index is 2.35. The first-order valence-corrected chi connectivity index (χ1v) is 3.16. The first-order valence-electron chi connectivity index (χ1n) is 3.16. The molecule has 1 rings (SSSR count). The van der Waals surface area contributed by atoms with E-state index in [1.54, 1.807) is 0 Å². The molecule has 0 unspecified atom stereocenters. The second-order valence-corrected chi connectivity index (χ2v) is 2.50. The Morgan fingerprint density at radius 2 is 2.25 bits per heavy atom. The van der Waals surface area contributed by atoms with E-state index in [9.17, 15) is 0 Å². The summed E-state index contributed by atoms with van der Waals surface area (Å²) in [6, 6.07) is 0. The predicted octanol–water partition coefficient (Wildman–Crippen LogP) is 1.11. The highest BCUT2D eigenvalue weighted by Crippen LogP contribution is 2.04. The van der Waals surface area contributed by atoms with Crippen LogP contribution >= 0.6 is 0 Å². The summed E-state index contributed by atoms with van der Waals surface area (Å²) in [6.07, 6.45) is 5.70. The molecular formula is C6H12BN. The molecule has 0 aromatic rings. The molecule has 0 N–H and O–H groups in total. The lowest BCUT2D eigenvalue weighted by Gasteiger charge is -2.22. The van der Waals surface area contributed by atoms with Gasteiger partial charge < -0.3 is 4.81 Å². The molecule has 1 heterocycles. The third-order valence-electron chi connectivity index (χ3n) is 1.79.